The maximum absolute atomic E-state index is 13.9. The fourth-order valence-electron chi connectivity index (χ4n) is 3.98. The average Bonchev–Trinajstić information content (AvgIpc) is 2.91. The van der Waals surface area contributed by atoms with Crippen LogP contribution in [0.25, 0.3) is 0 Å². The largest absolute Gasteiger partial charge is 0.354 e. The van der Waals surface area contributed by atoms with Gasteiger partial charge in [0.1, 0.15) is 12.6 Å². The third kappa shape index (κ3) is 7.14. The molecular formula is C29H34ClN3O4S. The number of nitrogens with zero attached hydrogens (tertiary/aromatic N) is 2. The Hall–Kier alpha value is -3.36. The molecule has 3 rings (SSSR count). The topological polar surface area (TPSA) is 86.8 Å². The quantitative estimate of drug-likeness (QED) is 0.312. The zero-order valence-electron chi connectivity index (χ0n) is 21.9. The maximum Gasteiger partial charge on any atom is 0.264 e. The van der Waals surface area contributed by atoms with Gasteiger partial charge in [0.15, 0.2) is 0 Å². The SMILES string of the molecule is CCCCNC(=O)[C@H](C)N(Cc1ccccc1C)C(=O)CN(c1ccccc1Cl)S(=O)(=O)c1ccccc1. The summed E-state index contributed by atoms with van der Waals surface area (Å²) < 4.78 is 28.5. The van der Waals surface area contributed by atoms with Gasteiger partial charge in [-0.15, -0.1) is 0 Å². The number of halogens is 1. The molecule has 0 spiro atoms. The van der Waals surface area contributed by atoms with Crippen LogP contribution in [0.3, 0.4) is 0 Å². The summed E-state index contributed by atoms with van der Waals surface area (Å²) in [6.07, 6.45) is 1.74. The second-order valence-electron chi connectivity index (χ2n) is 9.04. The van der Waals surface area contributed by atoms with Crippen molar-refractivity contribution in [3.05, 3.63) is 95.0 Å². The van der Waals surface area contributed by atoms with Gasteiger partial charge in [0.25, 0.3) is 10.0 Å². The van der Waals surface area contributed by atoms with Gasteiger partial charge in [-0.1, -0.05) is 79.5 Å². The van der Waals surface area contributed by atoms with Crippen LogP contribution >= 0.6 is 11.6 Å². The molecule has 9 heteroatoms. The molecule has 0 saturated heterocycles. The number of sulfonamides is 1. The van der Waals surface area contributed by atoms with Crippen molar-refractivity contribution < 1.29 is 18.0 Å². The first-order chi connectivity index (χ1) is 18.2. The van der Waals surface area contributed by atoms with Crippen molar-refractivity contribution in [2.24, 2.45) is 0 Å². The summed E-state index contributed by atoms with van der Waals surface area (Å²) >= 11 is 6.41. The van der Waals surface area contributed by atoms with E-state index in [1.807, 2.05) is 38.1 Å². The monoisotopic (exact) mass is 555 g/mol. The molecule has 0 aliphatic rings. The minimum atomic E-state index is -4.15. The molecule has 0 heterocycles. The molecule has 0 fully saturated rings. The Balaban J connectivity index is 2.01. The molecular weight excluding hydrogens is 522 g/mol. The number of carbonyl (C=O) groups excluding carboxylic acids is 2. The van der Waals surface area contributed by atoms with Crippen molar-refractivity contribution in [1.82, 2.24) is 10.2 Å². The first kappa shape index (κ1) is 29.2. The Bertz CT molecular complexity index is 1350. The Kier molecular flexibility index (Phi) is 10.3. The molecule has 1 N–H and O–H groups in total. The lowest BCUT2D eigenvalue weighted by Gasteiger charge is -2.32. The molecule has 0 aliphatic heterocycles. The predicted molar refractivity (Wildman–Crippen MR) is 152 cm³/mol. The summed E-state index contributed by atoms with van der Waals surface area (Å²) in [5.41, 5.74) is 2.01. The summed E-state index contributed by atoms with van der Waals surface area (Å²) in [6, 6.07) is 21.1. The third-order valence-corrected chi connectivity index (χ3v) is 8.42. The number of hydrogen-bond donors (Lipinski definition) is 1. The number of para-hydroxylation sites is 1. The molecule has 2 amide bonds. The van der Waals surface area contributed by atoms with E-state index in [1.54, 1.807) is 49.4 Å². The van der Waals surface area contributed by atoms with Gasteiger partial charge in [-0.2, -0.15) is 0 Å². The first-order valence-corrected chi connectivity index (χ1v) is 14.4. The molecule has 0 radical (unpaired) electrons. The minimum absolute atomic E-state index is 0.0310. The molecule has 202 valence electrons. The van der Waals surface area contributed by atoms with E-state index in [1.165, 1.54) is 17.0 Å². The maximum atomic E-state index is 13.9. The smallest absolute Gasteiger partial charge is 0.264 e. The van der Waals surface area contributed by atoms with Crippen molar-refractivity contribution in [2.75, 3.05) is 17.4 Å². The molecule has 3 aromatic carbocycles. The third-order valence-electron chi connectivity index (χ3n) is 6.33. The Morgan fingerprint density at radius 3 is 2.24 bits per heavy atom. The molecule has 38 heavy (non-hydrogen) atoms. The number of carbonyl (C=O) groups is 2. The van der Waals surface area contributed by atoms with Gasteiger partial charge in [-0.25, -0.2) is 8.42 Å². The van der Waals surface area contributed by atoms with E-state index >= 15 is 0 Å². The lowest BCUT2D eigenvalue weighted by molar-refractivity contribution is -0.139. The molecule has 0 saturated carbocycles. The molecule has 7 nitrogen and oxygen atoms in total. The Labute approximate surface area is 230 Å². The lowest BCUT2D eigenvalue weighted by atomic mass is 10.1. The molecule has 1 atom stereocenters. The van der Waals surface area contributed by atoms with E-state index < -0.39 is 28.5 Å². The molecule has 0 aromatic heterocycles. The summed E-state index contributed by atoms with van der Waals surface area (Å²) in [6.45, 7) is 5.73. The standard InChI is InChI=1S/C29H34ClN3O4S/c1-4-5-19-31-29(35)23(3)32(20-24-14-10-9-13-22(24)2)28(34)21-33(27-18-12-11-17-26(27)30)38(36,37)25-15-7-6-8-16-25/h6-18,23H,4-5,19-21H2,1-3H3,(H,31,35)/t23-/m0/s1. The van der Waals surface area contributed by atoms with Gasteiger partial charge in [0.2, 0.25) is 11.8 Å². The zero-order chi connectivity index (χ0) is 27.7. The summed E-state index contributed by atoms with van der Waals surface area (Å²) in [5.74, 6) is -0.818. The number of nitrogens with one attached hydrogen (secondary N) is 1. The number of anilines is 1. The second-order valence-corrected chi connectivity index (χ2v) is 11.3. The highest BCUT2D eigenvalue weighted by atomic mass is 35.5. The van der Waals surface area contributed by atoms with E-state index in [2.05, 4.69) is 5.32 Å². The lowest BCUT2D eigenvalue weighted by Crippen LogP contribution is -2.51. The van der Waals surface area contributed by atoms with Crippen LogP contribution in [-0.4, -0.2) is 44.3 Å². The van der Waals surface area contributed by atoms with Gasteiger partial charge < -0.3 is 10.2 Å². The molecule has 0 unspecified atom stereocenters. The summed E-state index contributed by atoms with van der Waals surface area (Å²) in [4.78, 5) is 28.4. The van der Waals surface area contributed by atoms with Crippen molar-refractivity contribution >= 4 is 39.1 Å². The van der Waals surface area contributed by atoms with Crippen molar-refractivity contribution in [3.8, 4) is 0 Å². The van der Waals surface area contributed by atoms with Crippen LogP contribution in [0.5, 0.6) is 0 Å². The zero-order valence-corrected chi connectivity index (χ0v) is 23.5. The summed E-state index contributed by atoms with van der Waals surface area (Å²) in [5, 5.41) is 3.07. The average molecular weight is 556 g/mol. The number of unbranched alkanes of at least 4 members (excludes halogenated alkanes) is 1. The van der Waals surface area contributed by atoms with Crippen LogP contribution in [-0.2, 0) is 26.2 Å². The minimum Gasteiger partial charge on any atom is -0.354 e. The Morgan fingerprint density at radius 2 is 1.58 bits per heavy atom. The van der Waals surface area contributed by atoms with Crippen LogP contribution in [0.2, 0.25) is 5.02 Å². The van der Waals surface area contributed by atoms with E-state index in [0.717, 1.165) is 28.3 Å². The van der Waals surface area contributed by atoms with Gasteiger partial charge in [-0.05, 0) is 55.7 Å². The molecule has 0 bridgehead atoms. The highest BCUT2D eigenvalue weighted by Gasteiger charge is 2.33. The highest BCUT2D eigenvalue weighted by molar-refractivity contribution is 7.92. The van der Waals surface area contributed by atoms with Crippen LogP contribution in [0.1, 0.15) is 37.8 Å². The van der Waals surface area contributed by atoms with Gasteiger partial charge in [0.05, 0.1) is 15.6 Å². The van der Waals surface area contributed by atoms with Gasteiger partial charge in [-0.3, -0.25) is 13.9 Å². The van der Waals surface area contributed by atoms with Crippen LogP contribution in [0, 0.1) is 6.92 Å². The predicted octanol–water partition coefficient (Wildman–Crippen LogP) is 5.18. The van der Waals surface area contributed by atoms with Crippen LogP contribution in [0.15, 0.2) is 83.8 Å². The number of hydrogen-bond acceptors (Lipinski definition) is 4. The van der Waals surface area contributed by atoms with Gasteiger partial charge >= 0.3 is 0 Å². The molecule has 0 aliphatic carbocycles. The first-order valence-electron chi connectivity index (χ1n) is 12.6. The summed E-state index contributed by atoms with van der Waals surface area (Å²) in [7, 11) is -4.15. The fraction of sp³-hybridized carbons (Fsp3) is 0.310. The van der Waals surface area contributed by atoms with Crippen molar-refractivity contribution in [1.29, 1.82) is 0 Å². The normalized spacial score (nSPS) is 12.0. The van der Waals surface area contributed by atoms with E-state index in [9.17, 15) is 18.0 Å². The number of aryl methyl sites for hydroxylation is 1. The number of rotatable bonds is 12. The van der Waals surface area contributed by atoms with Crippen molar-refractivity contribution in [2.45, 2.75) is 51.1 Å². The second kappa shape index (κ2) is 13.4. The van der Waals surface area contributed by atoms with Crippen LogP contribution < -0.4 is 9.62 Å². The number of amides is 2. The van der Waals surface area contributed by atoms with Crippen molar-refractivity contribution in [3.63, 3.8) is 0 Å². The van der Waals surface area contributed by atoms with E-state index in [-0.39, 0.29) is 28.1 Å². The fourth-order valence-corrected chi connectivity index (χ4v) is 5.72. The van der Waals surface area contributed by atoms with E-state index in [4.69, 9.17) is 11.6 Å². The number of benzene rings is 3. The molecule has 3 aromatic rings. The van der Waals surface area contributed by atoms with E-state index in [0.29, 0.717) is 6.54 Å². The van der Waals surface area contributed by atoms with Gasteiger partial charge in [0, 0.05) is 13.1 Å². The highest BCUT2D eigenvalue weighted by Crippen LogP contribution is 2.30. The Morgan fingerprint density at radius 1 is 0.947 bits per heavy atom. The van der Waals surface area contributed by atoms with Crippen LogP contribution in [0.4, 0.5) is 5.69 Å².